The molecule has 6 heteroatoms. The molecule has 2 aromatic carbocycles. The molecule has 1 amide bonds. The van der Waals surface area contributed by atoms with E-state index in [4.69, 9.17) is 4.99 Å². The molecule has 0 atom stereocenters. The van der Waals surface area contributed by atoms with E-state index in [-0.39, 0.29) is 29.9 Å². The van der Waals surface area contributed by atoms with Gasteiger partial charge in [-0.05, 0) is 50.3 Å². The number of hydrogen-bond donors (Lipinski definition) is 2. The summed E-state index contributed by atoms with van der Waals surface area (Å²) in [6, 6.07) is 15.1. The zero-order valence-corrected chi connectivity index (χ0v) is 21.2. The Morgan fingerprint density at radius 2 is 1.68 bits per heavy atom. The highest BCUT2D eigenvalue weighted by atomic mass is 127. The fourth-order valence-corrected chi connectivity index (χ4v) is 3.89. The molecular weight excluding hydrogens is 499 g/mol. The predicted molar refractivity (Wildman–Crippen MR) is 139 cm³/mol. The average Bonchev–Trinajstić information content (AvgIpc) is 3.11. The van der Waals surface area contributed by atoms with Crippen LogP contribution in [0.3, 0.4) is 0 Å². The molecule has 1 heterocycles. The number of carbonyl (C=O) groups excluding carboxylic acids is 1. The van der Waals surface area contributed by atoms with E-state index in [1.54, 1.807) is 0 Å². The van der Waals surface area contributed by atoms with Crippen LogP contribution in [0.2, 0.25) is 0 Å². The van der Waals surface area contributed by atoms with Gasteiger partial charge in [-0.25, -0.2) is 4.99 Å². The zero-order chi connectivity index (χ0) is 21.3. The van der Waals surface area contributed by atoms with Gasteiger partial charge in [0, 0.05) is 32.6 Å². The molecule has 5 nitrogen and oxygen atoms in total. The molecular formula is C25H35IN4O. The second-order valence-electron chi connectivity index (χ2n) is 8.10. The van der Waals surface area contributed by atoms with Gasteiger partial charge >= 0.3 is 0 Å². The lowest BCUT2D eigenvalue weighted by Gasteiger charge is -2.15. The van der Waals surface area contributed by atoms with Crippen molar-refractivity contribution in [2.45, 2.75) is 53.1 Å². The highest BCUT2D eigenvalue weighted by Crippen LogP contribution is 2.15. The van der Waals surface area contributed by atoms with Crippen molar-refractivity contribution in [3.05, 3.63) is 70.3 Å². The Hall–Kier alpha value is -2.09. The number of hydrogen-bond acceptors (Lipinski definition) is 2. The van der Waals surface area contributed by atoms with Crippen LogP contribution >= 0.6 is 24.0 Å². The third-order valence-electron chi connectivity index (χ3n) is 5.32. The van der Waals surface area contributed by atoms with Gasteiger partial charge in [-0.3, -0.25) is 4.79 Å². The molecule has 168 valence electrons. The number of likely N-dealkylation sites (tertiary alicyclic amines) is 1. The molecule has 0 spiro atoms. The van der Waals surface area contributed by atoms with Gasteiger partial charge in [-0.15, -0.1) is 24.0 Å². The molecule has 1 aliphatic rings. The molecule has 0 radical (unpaired) electrons. The highest BCUT2D eigenvalue weighted by Gasteiger charge is 2.19. The maximum absolute atomic E-state index is 11.8. The summed E-state index contributed by atoms with van der Waals surface area (Å²) in [6.07, 6.45) is 2.64. The SMILES string of the molecule is CCNC(=NCc1ccc(CN2CCCC2=O)cc1)NCCc1cc(C)cc(C)c1.I. The number of guanidine groups is 1. The van der Waals surface area contributed by atoms with Crippen LogP contribution in [0.4, 0.5) is 0 Å². The van der Waals surface area contributed by atoms with Crippen LogP contribution in [0, 0.1) is 13.8 Å². The lowest BCUT2D eigenvalue weighted by atomic mass is 10.1. The topological polar surface area (TPSA) is 56.7 Å². The number of nitrogens with one attached hydrogen (secondary N) is 2. The summed E-state index contributed by atoms with van der Waals surface area (Å²) in [4.78, 5) is 18.5. The molecule has 1 aliphatic heterocycles. The minimum absolute atomic E-state index is 0. The van der Waals surface area contributed by atoms with Crippen LogP contribution in [0.15, 0.2) is 47.5 Å². The van der Waals surface area contributed by atoms with Crippen molar-refractivity contribution in [2.24, 2.45) is 4.99 Å². The summed E-state index contributed by atoms with van der Waals surface area (Å²) in [5.41, 5.74) is 6.31. The van der Waals surface area contributed by atoms with Gasteiger partial charge in [-0.1, -0.05) is 53.6 Å². The molecule has 3 rings (SSSR count). The number of rotatable bonds is 8. The van der Waals surface area contributed by atoms with Crippen molar-refractivity contribution >= 4 is 35.8 Å². The largest absolute Gasteiger partial charge is 0.357 e. The third kappa shape index (κ3) is 8.16. The van der Waals surface area contributed by atoms with Gasteiger partial charge in [0.2, 0.25) is 5.91 Å². The Balaban J connectivity index is 0.00000341. The van der Waals surface area contributed by atoms with Gasteiger partial charge in [-0.2, -0.15) is 0 Å². The first kappa shape index (κ1) is 25.2. The first-order chi connectivity index (χ1) is 14.5. The minimum Gasteiger partial charge on any atom is -0.357 e. The van der Waals surface area contributed by atoms with Crippen LogP contribution in [0.1, 0.15) is 47.6 Å². The van der Waals surface area contributed by atoms with Gasteiger partial charge in [0.05, 0.1) is 6.54 Å². The van der Waals surface area contributed by atoms with E-state index < -0.39 is 0 Å². The molecule has 0 bridgehead atoms. The first-order valence-corrected chi connectivity index (χ1v) is 11.0. The van der Waals surface area contributed by atoms with Crippen molar-refractivity contribution in [3.63, 3.8) is 0 Å². The minimum atomic E-state index is 0. The predicted octanol–water partition coefficient (Wildman–Crippen LogP) is 4.34. The number of aliphatic imine (C=N–C) groups is 1. The summed E-state index contributed by atoms with van der Waals surface area (Å²) >= 11 is 0. The smallest absolute Gasteiger partial charge is 0.222 e. The molecule has 1 saturated heterocycles. The van der Waals surface area contributed by atoms with Crippen LogP contribution in [-0.2, 0) is 24.3 Å². The molecule has 0 aliphatic carbocycles. The van der Waals surface area contributed by atoms with Gasteiger partial charge < -0.3 is 15.5 Å². The Bertz CT molecular complexity index is 859. The molecule has 0 aromatic heterocycles. The van der Waals surface area contributed by atoms with Crippen molar-refractivity contribution in [1.29, 1.82) is 0 Å². The summed E-state index contributed by atoms with van der Waals surface area (Å²) < 4.78 is 0. The van der Waals surface area contributed by atoms with E-state index in [9.17, 15) is 4.79 Å². The van der Waals surface area contributed by atoms with Gasteiger partial charge in [0.1, 0.15) is 0 Å². The van der Waals surface area contributed by atoms with E-state index in [1.807, 2.05) is 4.90 Å². The van der Waals surface area contributed by atoms with Gasteiger partial charge in [0.15, 0.2) is 5.96 Å². The molecule has 2 N–H and O–H groups in total. The second-order valence-corrected chi connectivity index (χ2v) is 8.10. The van der Waals surface area contributed by atoms with E-state index >= 15 is 0 Å². The van der Waals surface area contributed by atoms with Crippen LogP contribution < -0.4 is 10.6 Å². The van der Waals surface area contributed by atoms with Crippen LogP contribution in [0.5, 0.6) is 0 Å². The number of carbonyl (C=O) groups is 1. The molecule has 31 heavy (non-hydrogen) atoms. The average molecular weight is 534 g/mol. The van der Waals surface area contributed by atoms with Crippen molar-refractivity contribution in [2.75, 3.05) is 19.6 Å². The van der Waals surface area contributed by atoms with E-state index in [0.717, 1.165) is 44.0 Å². The zero-order valence-electron chi connectivity index (χ0n) is 18.9. The fraction of sp³-hybridized carbons (Fsp3) is 0.440. The van der Waals surface area contributed by atoms with Crippen molar-refractivity contribution in [3.8, 4) is 0 Å². The second kappa shape index (κ2) is 12.7. The summed E-state index contributed by atoms with van der Waals surface area (Å²) in [5, 5.41) is 6.76. The van der Waals surface area contributed by atoms with E-state index in [0.29, 0.717) is 19.5 Å². The Morgan fingerprint density at radius 3 is 2.29 bits per heavy atom. The van der Waals surface area contributed by atoms with E-state index in [1.165, 1.54) is 22.3 Å². The highest BCUT2D eigenvalue weighted by molar-refractivity contribution is 14.0. The third-order valence-corrected chi connectivity index (χ3v) is 5.32. The summed E-state index contributed by atoms with van der Waals surface area (Å²) in [7, 11) is 0. The fourth-order valence-electron chi connectivity index (χ4n) is 3.89. The number of benzene rings is 2. The summed E-state index contributed by atoms with van der Waals surface area (Å²) in [5.74, 6) is 1.11. The Morgan fingerprint density at radius 1 is 1.00 bits per heavy atom. The normalized spacial score (nSPS) is 13.8. The number of aryl methyl sites for hydroxylation is 2. The number of halogens is 1. The van der Waals surface area contributed by atoms with Crippen LogP contribution in [0.25, 0.3) is 0 Å². The molecule has 1 fully saturated rings. The van der Waals surface area contributed by atoms with Gasteiger partial charge in [0.25, 0.3) is 0 Å². The maximum Gasteiger partial charge on any atom is 0.222 e. The Kier molecular flexibility index (Phi) is 10.3. The van der Waals surface area contributed by atoms with Crippen molar-refractivity contribution < 1.29 is 4.79 Å². The molecule has 0 unspecified atom stereocenters. The quantitative estimate of drug-likeness (QED) is 0.301. The Labute approximate surface area is 203 Å². The maximum atomic E-state index is 11.8. The molecule has 2 aromatic rings. The lowest BCUT2D eigenvalue weighted by molar-refractivity contribution is -0.128. The standard InChI is InChI=1S/C25H34N4O.HI/c1-4-26-25(27-12-11-23-15-19(2)14-20(3)16-23)28-17-21-7-9-22(10-8-21)18-29-13-5-6-24(29)30;/h7-10,14-16H,4-6,11-13,17-18H2,1-3H3,(H2,26,27,28);1H. The van der Waals surface area contributed by atoms with Crippen LogP contribution in [-0.4, -0.2) is 36.4 Å². The van der Waals surface area contributed by atoms with Crippen molar-refractivity contribution in [1.82, 2.24) is 15.5 Å². The van der Waals surface area contributed by atoms with E-state index in [2.05, 4.69) is 73.9 Å². The lowest BCUT2D eigenvalue weighted by Crippen LogP contribution is -2.38. The first-order valence-electron chi connectivity index (χ1n) is 11.0. The summed E-state index contributed by atoms with van der Waals surface area (Å²) in [6.45, 7) is 10.3. The number of nitrogens with zero attached hydrogens (tertiary/aromatic N) is 2. The number of amides is 1. The monoisotopic (exact) mass is 534 g/mol. The molecule has 0 saturated carbocycles.